The van der Waals surface area contributed by atoms with Gasteiger partial charge in [0.2, 0.25) is 0 Å². The molecule has 0 amide bonds. The Balaban J connectivity index is 1.88. The molecule has 0 radical (unpaired) electrons. The molecule has 3 N–H and O–H groups in total. The predicted octanol–water partition coefficient (Wildman–Crippen LogP) is 2.12. The van der Waals surface area contributed by atoms with E-state index in [1.807, 2.05) is 6.07 Å². The van der Waals surface area contributed by atoms with E-state index in [1.165, 1.54) is 6.07 Å². The Morgan fingerprint density at radius 2 is 2.00 bits per heavy atom. The third kappa shape index (κ3) is 1.11. The molecule has 80 valence electrons. The third-order valence-electron chi connectivity index (χ3n) is 3.87. The summed E-state index contributed by atoms with van der Waals surface area (Å²) in [6, 6.07) is 5.03. The summed E-state index contributed by atoms with van der Waals surface area (Å²) >= 11 is 5.77. The van der Waals surface area contributed by atoms with Crippen LogP contribution in [-0.2, 0) is 5.41 Å². The van der Waals surface area contributed by atoms with Crippen LogP contribution in [0.25, 0.3) is 0 Å². The van der Waals surface area contributed by atoms with Crippen molar-refractivity contribution < 1.29 is 4.39 Å². The van der Waals surface area contributed by atoms with Crippen LogP contribution in [0.3, 0.4) is 0 Å². The fraction of sp³-hybridized carbons (Fsp3) is 0.455. The summed E-state index contributed by atoms with van der Waals surface area (Å²) in [4.78, 5) is 0. The van der Waals surface area contributed by atoms with Crippen molar-refractivity contribution in [1.82, 2.24) is 5.43 Å². The van der Waals surface area contributed by atoms with Crippen LogP contribution in [0.1, 0.15) is 24.8 Å². The monoisotopic (exact) mass is 226 g/mol. The predicted molar refractivity (Wildman–Crippen MR) is 57.0 cm³/mol. The molecule has 15 heavy (non-hydrogen) atoms. The number of halogens is 2. The van der Waals surface area contributed by atoms with Crippen molar-refractivity contribution in [3.8, 4) is 0 Å². The van der Waals surface area contributed by atoms with E-state index in [4.69, 9.17) is 17.4 Å². The highest BCUT2D eigenvalue weighted by atomic mass is 35.5. The molecule has 0 unspecified atom stereocenters. The molecule has 0 saturated heterocycles. The molecule has 2 bridgehead atoms. The number of hydrogen-bond acceptors (Lipinski definition) is 2. The molecule has 4 heteroatoms. The van der Waals surface area contributed by atoms with Gasteiger partial charge in [-0.3, -0.25) is 11.3 Å². The number of hydrogen-bond donors (Lipinski definition) is 2. The standard InChI is InChI=1S/C11H12ClFN2/c12-8-3-7(1-2-9(8)13)10-4-11(5-10,6-10)15-14/h1-3,15H,4-6,14H2. The van der Waals surface area contributed by atoms with Gasteiger partial charge in [-0.05, 0) is 37.0 Å². The lowest BCUT2D eigenvalue weighted by atomic mass is 9.38. The molecule has 0 spiro atoms. The number of benzene rings is 1. The Bertz CT molecular complexity index is 413. The SMILES string of the molecule is NNC12CC(c3ccc(F)c(Cl)c3)(C1)C2. The lowest BCUT2D eigenvalue weighted by Gasteiger charge is -2.70. The minimum Gasteiger partial charge on any atom is -0.271 e. The highest BCUT2D eigenvalue weighted by Crippen LogP contribution is 2.67. The number of nitrogens with one attached hydrogen (secondary N) is 1. The Kier molecular flexibility index (Phi) is 1.74. The van der Waals surface area contributed by atoms with Crippen LogP contribution in [0.2, 0.25) is 5.02 Å². The molecule has 0 aliphatic heterocycles. The molecule has 3 aliphatic carbocycles. The number of hydrazine groups is 1. The van der Waals surface area contributed by atoms with Gasteiger partial charge in [0.1, 0.15) is 5.82 Å². The van der Waals surface area contributed by atoms with Crippen LogP contribution in [0.15, 0.2) is 18.2 Å². The van der Waals surface area contributed by atoms with Gasteiger partial charge in [-0.1, -0.05) is 17.7 Å². The molecule has 0 heterocycles. The van der Waals surface area contributed by atoms with Gasteiger partial charge in [0.25, 0.3) is 0 Å². The first-order valence-electron chi connectivity index (χ1n) is 5.03. The molecule has 1 aromatic carbocycles. The Morgan fingerprint density at radius 3 is 2.53 bits per heavy atom. The zero-order valence-electron chi connectivity index (χ0n) is 8.19. The Morgan fingerprint density at radius 1 is 1.33 bits per heavy atom. The van der Waals surface area contributed by atoms with Crippen molar-refractivity contribution >= 4 is 11.6 Å². The summed E-state index contributed by atoms with van der Waals surface area (Å²) in [6.45, 7) is 0. The van der Waals surface area contributed by atoms with E-state index in [2.05, 4.69) is 5.43 Å². The van der Waals surface area contributed by atoms with Crippen molar-refractivity contribution in [2.45, 2.75) is 30.2 Å². The zero-order valence-corrected chi connectivity index (χ0v) is 8.94. The van der Waals surface area contributed by atoms with Gasteiger partial charge >= 0.3 is 0 Å². The smallest absolute Gasteiger partial charge is 0.141 e. The van der Waals surface area contributed by atoms with Crippen LogP contribution in [0.4, 0.5) is 4.39 Å². The maximum Gasteiger partial charge on any atom is 0.141 e. The van der Waals surface area contributed by atoms with Crippen molar-refractivity contribution in [1.29, 1.82) is 0 Å². The van der Waals surface area contributed by atoms with Gasteiger partial charge < -0.3 is 0 Å². The largest absolute Gasteiger partial charge is 0.271 e. The Labute approximate surface area is 92.6 Å². The summed E-state index contributed by atoms with van der Waals surface area (Å²) in [6.07, 6.45) is 3.12. The van der Waals surface area contributed by atoms with Crippen molar-refractivity contribution in [3.05, 3.63) is 34.6 Å². The minimum absolute atomic E-state index is 0.154. The minimum atomic E-state index is -0.348. The van der Waals surface area contributed by atoms with E-state index in [1.54, 1.807) is 6.07 Å². The first-order chi connectivity index (χ1) is 7.09. The number of nitrogens with two attached hydrogens (primary N) is 1. The molecule has 3 aliphatic rings. The van der Waals surface area contributed by atoms with Crippen LogP contribution in [0.5, 0.6) is 0 Å². The first kappa shape index (κ1) is 9.58. The highest BCUT2D eigenvalue weighted by Gasteiger charge is 2.68. The van der Waals surface area contributed by atoms with Crippen molar-refractivity contribution in [2.24, 2.45) is 5.84 Å². The van der Waals surface area contributed by atoms with E-state index < -0.39 is 0 Å². The highest BCUT2D eigenvalue weighted by molar-refractivity contribution is 6.30. The topological polar surface area (TPSA) is 38.0 Å². The fourth-order valence-corrected chi connectivity index (χ4v) is 3.25. The average molecular weight is 227 g/mol. The van der Waals surface area contributed by atoms with E-state index in [-0.39, 0.29) is 21.8 Å². The molecule has 1 aromatic rings. The maximum atomic E-state index is 13.0. The van der Waals surface area contributed by atoms with Gasteiger partial charge in [0, 0.05) is 11.0 Å². The molecule has 0 aromatic heterocycles. The van der Waals surface area contributed by atoms with Crippen molar-refractivity contribution in [3.63, 3.8) is 0 Å². The summed E-state index contributed by atoms with van der Waals surface area (Å²) in [5.41, 5.74) is 4.37. The molecular weight excluding hydrogens is 215 g/mol. The first-order valence-corrected chi connectivity index (χ1v) is 5.40. The van der Waals surface area contributed by atoms with Gasteiger partial charge in [0.05, 0.1) is 5.02 Å². The summed E-state index contributed by atoms with van der Waals surface area (Å²) in [5, 5.41) is 0.215. The van der Waals surface area contributed by atoms with Gasteiger partial charge in [-0.2, -0.15) is 0 Å². The maximum absolute atomic E-state index is 13.0. The van der Waals surface area contributed by atoms with Crippen LogP contribution in [-0.4, -0.2) is 5.54 Å². The summed E-state index contributed by atoms with van der Waals surface area (Å²) in [5.74, 6) is 5.11. The van der Waals surface area contributed by atoms with Crippen molar-refractivity contribution in [2.75, 3.05) is 0 Å². The van der Waals surface area contributed by atoms with E-state index in [9.17, 15) is 4.39 Å². The van der Waals surface area contributed by atoms with E-state index in [0.29, 0.717) is 0 Å². The quantitative estimate of drug-likeness (QED) is 0.599. The van der Waals surface area contributed by atoms with Crippen LogP contribution < -0.4 is 11.3 Å². The zero-order chi connectivity index (χ0) is 10.7. The van der Waals surface area contributed by atoms with Gasteiger partial charge in [-0.15, -0.1) is 0 Å². The lowest BCUT2D eigenvalue weighted by Crippen LogP contribution is -2.77. The van der Waals surface area contributed by atoms with Crippen LogP contribution in [0, 0.1) is 5.82 Å². The van der Waals surface area contributed by atoms with Gasteiger partial charge in [-0.25, -0.2) is 4.39 Å². The molecule has 3 fully saturated rings. The number of rotatable bonds is 2. The second-order valence-corrected chi connectivity index (χ2v) is 5.27. The van der Waals surface area contributed by atoms with Gasteiger partial charge in [0.15, 0.2) is 0 Å². The van der Waals surface area contributed by atoms with E-state index >= 15 is 0 Å². The summed E-state index contributed by atoms with van der Waals surface area (Å²) in [7, 11) is 0. The summed E-state index contributed by atoms with van der Waals surface area (Å²) < 4.78 is 13.0. The Hall–Kier alpha value is -0.640. The molecule has 3 saturated carbocycles. The third-order valence-corrected chi connectivity index (χ3v) is 4.16. The lowest BCUT2D eigenvalue weighted by molar-refractivity contribution is -0.0882. The normalized spacial score (nSPS) is 37.0. The van der Waals surface area contributed by atoms with E-state index in [0.717, 1.165) is 24.8 Å². The molecule has 2 nitrogen and oxygen atoms in total. The second kappa shape index (κ2) is 2.73. The second-order valence-electron chi connectivity index (χ2n) is 4.86. The molecular formula is C11H12ClFN2. The average Bonchev–Trinajstić information content (AvgIpc) is 2.07. The fourth-order valence-electron chi connectivity index (χ4n) is 3.07. The molecule has 4 rings (SSSR count). The molecule has 0 atom stereocenters. The van der Waals surface area contributed by atoms with Crippen LogP contribution >= 0.6 is 11.6 Å².